The van der Waals surface area contributed by atoms with Crippen LogP contribution in [0, 0.1) is 0 Å². The molecule has 1 aliphatic rings. The van der Waals surface area contributed by atoms with Crippen LogP contribution in [0.1, 0.15) is 0 Å². The third-order valence-electron chi connectivity index (χ3n) is 2.17. The minimum atomic E-state index is -0.579. The highest BCUT2D eigenvalue weighted by molar-refractivity contribution is 6.11. The third kappa shape index (κ3) is 1.80. The minimum absolute atomic E-state index is 0.0647. The number of aliphatic hydroxyl groups is 1. The lowest BCUT2D eigenvalue weighted by molar-refractivity contribution is -0.0247. The quantitative estimate of drug-likeness (QED) is 0.521. The number of rotatable bonds is 3. The molecule has 0 radical (unpaired) electrons. The van der Waals surface area contributed by atoms with Crippen molar-refractivity contribution in [2.45, 2.75) is 24.3 Å². The highest BCUT2D eigenvalue weighted by Crippen LogP contribution is 2.21. The average Bonchev–Trinajstić information content (AvgIpc) is 2.29. The van der Waals surface area contributed by atoms with Crippen LogP contribution in [0.2, 0.25) is 0 Å². The fourth-order valence-corrected chi connectivity index (χ4v) is 1.56. The summed E-state index contributed by atoms with van der Waals surface area (Å²) in [6, 6.07) is -0.0647. The molecule has 0 spiro atoms. The summed E-state index contributed by atoms with van der Waals surface area (Å²) in [5.74, 6) is 0. The van der Waals surface area contributed by atoms with Crippen molar-refractivity contribution in [3.63, 3.8) is 0 Å². The van der Waals surface area contributed by atoms with Gasteiger partial charge in [-0.25, -0.2) is 0 Å². The smallest absolute Gasteiger partial charge is 0.142 e. The Bertz CT molecular complexity index is 143. The van der Waals surface area contributed by atoms with Gasteiger partial charge in [-0.1, -0.05) is 0 Å². The van der Waals surface area contributed by atoms with E-state index in [0.717, 1.165) is 0 Å². The van der Waals surface area contributed by atoms with Crippen molar-refractivity contribution < 1.29 is 19.3 Å². The van der Waals surface area contributed by atoms with Gasteiger partial charge in [0, 0.05) is 14.2 Å². The fourth-order valence-electron chi connectivity index (χ4n) is 1.56. The number of aliphatic hydroxyl groups excluding tert-OH is 1. The van der Waals surface area contributed by atoms with Crippen LogP contribution in [0.5, 0.6) is 0 Å². The number of hydrogen-bond acceptors (Lipinski definition) is 4. The molecule has 0 bridgehead atoms. The molecule has 0 saturated carbocycles. The summed E-state index contributed by atoms with van der Waals surface area (Å²) in [7, 11) is 5.04. The summed E-state index contributed by atoms with van der Waals surface area (Å²) >= 11 is 0. The summed E-state index contributed by atoms with van der Waals surface area (Å²) in [6.45, 7) is 0.408. The van der Waals surface area contributed by atoms with Gasteiger partial charge in [0.1, 0.15) is 26.2 Å². The van der Waals surface area contributed by atoms with E-state index in [-0.39, 0.29) is 18.2 Å². The van der Waals surface area contributed by atoms with E-state index in [9.17, 15) is 5.11 Å². The van der Waals surface area contributed by atoms with Crippen molar-refractivity contribution in [1.82, 2.24) is 0 Å². The maximum Gasteiger partial charge on any atom is 0.142 e. The number of hydrogen-bond donors (Lipinski definition) is 1. The first-order chi connectivity index (χ1) is 5.70. The van der Waals surface area contributed by atoms with Crippen molar-refractivity contribution in [2.75, 3.05) is 20.8 Å². The van der Waals surface area contributed by atoms with E-state index in [2.05, 4.69) is 0 Å². The first-order valence-corrected chi connectivity index (χ1v) is 4.06. The zero-order valence-electron chi connectivity index (χ0n) is 7.69. The maximum absolute atomic E-state index is 9.62. The molecule has 4 atom stereocenters. The summed E-state index contributed by atoms with van der Waals surface area (Å²) in [5, 5.41) is 9.62. The topological polar surface area (TPSA) is 47.9 Å². The van der Waals surface area contributed by atoms with Crippen LogP contribution in [0.4, 0.5) is 0 Å². The Morgan fingerprint density at radius 1 is 1.50 bits per heavy atom. The predicted octanol–water partition coefficient (Wildman–Crippen LogP) is -1.63. The Morgan fingerprint density at radius 3 is 2.58 bits per heavy atom. The first-order valence-electron chi connectivity index (χ1n) is 4.06. The van der Waals surface area contributed by atoms with E-state index in [1.54, 1.807) is 14.2 Å². The van der Waals surface area contributed by atoms with Gasteiger partial charge in [-0.2, -0.15) is 0 Å². The molecule has 1 unspecified atom stereocenters. The largest absolute Gasteiger partial charge is 0.388 e. The number of methoxy groups -OCH3 is 2. The van der Waals surface area contributed by atoms with E-state index in [0.29, 0.717) is 6.61 Å². The second-order valence-electron chi connectivity index (χ2n) is 3.03. The number of ether oxygens (including phenoxy) is 3. The van der Waals surface area contributed by atoms with Crippen LogP contribution in [-0.2, 0) is 14.2 Å². The van der Waals surface area contributed by atoms with Gasteiger partial charge in [0.05, 0.1) is 12.6 Å². The molecular formula is C7H15BO4. The molecule has 70 valence electrons. The predicted molar refractivity (Wildman–Crippen MR) is 45.9 cm³/mol. The van der Waals surface area contributed by atoms with Crippen LogP contribution in [-0.4, -0.2) is 58.1 Å². The van der Waals surface area contributed by atoms with Crippen molar-refractivity contribution in [3.8, 4) is 0 Å². The third-order valence-corrected chi connectivity index (χ3v) is 2.17. The Kier molecular flexibility index (Phi) is 3.52. The molecule has 1 fully saturated rings. The zero-order chi connectivity index (χ0) is 9.14. The maximum atomic E-state index is 9.62. The van der Waals surface area contributed by atoms with Gasteiger partial charge in [0.25, 0.3) is 0 Å². The van der Waals surface area contributed by atoms with Crippen molar-refractivity contribution >= 4 is 7.85 Å². The highest BCUT2D eigenvalue weighted by Gasteiger charge is 2.40. The van der Waals surface area contributed by atoms with Crippen molar-refractivity contribution in [1.29, 1.82) is 0 Å². The van der Waals surface area contributed by atoms with Gasteiger partial charge in [-0.05, 0) is 0 Å². The van der Waals surface area contributed by atoms with Crippen molar-refractivity contribution in [3.05, 3.63) is 0 Å². The van der Waals surface area contributed by atoms with E-state index < -0.39 is 6.10 Å². The average molecular weight is 174 g/mol. The Hall–Kier alpha value is -0.0951. The van der Waals surface area contributed by atoms with Crippen LogP contribution in [0.15, 0.2) is 0 Å². The standard InChI is InChI=1S/C7H15BO4/c1-10-3-4-5(9)6(11-2)7(8)12-4/h4-7,9H,3,8H2,1-2H3/t4-,5?,6+,7-/m1/s1. The molecule has 1 aliphatic heterocycles. The Morgan fingerprint density at radius 2 is 2.17 bits per heavy atom. The zero-order valence-corrected chi connectivity index (χ0v) is 7.69. The van der Waals surface area contributed by atoms with Gasteiger partial charge >= 0.3 is 0 Å². The minimum Gasteiger partial charge on any atom is -0.388 e. The SMILES string of the molecule is B[C@@H]1O[C@H](COC)C(O)[C@@H]1OC. The molecule has 0 amide bonds. The Labute approximate surface area is 73.2 Å². The molecule has 0 aliphatic carbocycles. The van der Waals surface area contributed by atoms with Crippen LogP contribution in [0.25, 0.3) is 0 Å². The molecule has 1 rings (SSSR count). The Balaban J connectivity index is 2.49. The van der Waals surface area contributed by atoms with Gasteiger partial charge in [-0.3, -0.25) is 0 Å². The summed E-state index contributed by atoms with van der Waals surface area (Å²) in [4.78, 5) is 0. The molecule has 1 heterocycles. The molecule has 0 aromatic heterocycles. The van der Waals surface area contributed by atoms with Gasteiger partial charge < -0.3 is 19.3 Å². The van der Waals surface area contributed by atoms with Crippen molar-refractivity contribution in [2.24, 2.45) is 0 Å². The summed E-state index contributed by atoms with van der Waals surface area (Å²) in [6.07, 6.45) is -1.06. The molecule has 5 heteroatoms. The monoisotopic (exact) mass is 174 g/mol. The molecule has 0 aromatic carbocycles. The lowest BCUT2D eigenvalue weighted by Gasteiger charge is -2.15. The van der Waals surface area contributed by atoms with Crippen LogP contribution < -0.4 is 0 Å². The molecular weight excluding hydrogens is 159 g/mol. The molecule has 1 N–H and O–H groups in total. The van der Waals surface area contributed by atoms with Crippen LogP contribution in [0.3, 0.4) is 0 Å². The summed E-state index contributed by atoms with van der Waals surface area (Å²) in [5.41, 5.74) is 0. The van der Waals surface area contributed by atoms with Crippen LogP contribution >= 0.6 is 0 Å². The summed E-state index contributed by atoms with van der Waals surface area (Å²) < 4.78 is 15.4. The van der Waals surface area contributed by atoms with E-state index in [1.807, 2.05) is 7.85 Å². The molecule has 12 heavy (non-hydrogen) atoms. The highest BCUT2D eigenvalue weighted by atomic mass is 16.6. The van der Waals surface area contributed by atoms with E-state index in [1.165, 1.54) is 0 Å². The fraction of sp³-hybridized carbons (Fsp3) is 1.00. The second kappa shape index (κ2) is 4.23. The van der Waals surface area contributed by atoms with Gasteiger partial charge in [-0.15, -0.1) is 0 Å². The normalized spacial score (nSPS) is 41.9. The van der Waals surface area contributed by atoms with Gasteiger partial charge in [0.2, 0.25) is 0 Å². The lowest BCUT2D eigenvalue weighted by atomic mass is 9.93. The van der Waals surface area contributed by atoms with Gasteiger partial charge in [0.15, 0.2) is 0 Å². The molecule has 4 nitrogen and oxygen atoms in total. The van der Waals surface area contributed by atoms with E-state index >= 15 is 0 Å². The lowest BCUT2D eigenvalue weighted by Crippen LogP contribution is -2.35. The van der Waals surface area contributed by atoms with E-state index in [4.69, 9.17) is 14.2 Å². The second-order valence-corrected chi connectivity index (χ2v) is 3.03. The molecule has 1 saturated heterocycles. The molecule has 0 aromatic rings. The first kappa shape index (κ1) is 9.99.